The van der Waals surface area contributed by atoms with Crippen molar-refractivity contribution in [1.29, 1.82) is 0 Å². The molecule has 0 radical (unpaired) electrons. The van der Waals surface area contributed by atoms with E-state index in [1.807, 2.05) is 11.8 Å². The Morgan fingerprint density at radius 2 is 1.91 bits per heavy atom. The van der Waals surface area contributed by atoms with E-state index in [-0.39, 0.29) is 18.1 Å². The van der Waals surface area contributed by atoms with E-state index in [0.717, 1.165) is 12.1 Å². The molecule has 1 aromatic carbocycles. The Bertz CT molecular complexity index is 543. The Kier molecular flexibility index (Phi) is 5.31. The van der Waals surface area contributed by atoms with Gasteiger partial charge in [-0.25, -0.2) is 0 Å². The predicted octanol–water partition coefficient (Wildman–Crippen LogP) is 2.56. The lowest BCUT2D eigenvalue weighted by Crippen LogP contribution is -2.50. The van der Waals surface area contributed by atoms with Crippen molar-refractivity contribution in [3.8, 4) is 0 Å². The first-order chi connectivity index (χ1) is 10.7. The van der Waals surface area contributed by atoms with Gasteiger partial charge in [-0.3, -0.25) is 9.69 Å². The molecule has 23 heavy (non-hydrogen) atoms. The van der Waals surface area contributed by atoms with E-state index < -0.39 is 11.7 Å². The van der Waals surface area contributed by atoms with Crippen molar-refractivity contribution in [3.05, 3.63) is 35.4 Å². The average Bonchev–Trinajstić information content (AvgIpc) is 2.52. The third-order valence-electron chi connectivity index (χ3n) is 4.05. The Labute approximate surface area is 133 Å². The zero-order valence-electron chi connectivity index (χ0n) is 13.4. The van der Waals surface area contributed by atoms with Gasteiger partial charge in [0.15, 0.2) is 0 Å². The minimum absolute atomic E-state index is 0.00179. The minimum atomic E-state index is -4.34. The predicted molar refractivity (Wildman–Crippen MR) is 79.9 cm³/mol. The first kappa shape index (κ1) is 17.7. The Morgan fingerprint density at radius 3 is 2.43 bits per heavy atom. The second-order valence-electron chi connectivity index (χ2n) is 5.88. The highest BCUT2D eigenvalue weighted by atomic mass is 19.4. The van der Waals surface area contributed by atoms with Crippen molar-refractivity contribution in [2.45, 2.75) is 25.2 Å². The highest BCUT2D eigenvalue weighted by molar-refractivity contribution is 5.80. The molecule has 0 aliphatic carbocycles. The molecule has 0 unspecified atom stereocenters. The number of halogens is 3. The number of ether oxygens (including phenoxy) is 1. The van der Waals surface area contributed by atoms with Crippen molar-refractivity contribution in [2.75, 3.05) is 33.8 Å². The summed E-state index contributed by atoms with van der Waals surface area (Å²) < 4.78 is 43.5. The van der Waals surface area contributed by atoms with E-state index in [1.54, 1.807) is 14.1 Å². The van der Waals surface area contributed by atoms with Crippen molar-refractivity contribution in [2.24, 2.45) is 0 Å². The first-order valence-corrected chi connectivity index (χ1v) is 7.44. The lowest BCUT2D eigenvalue weighted by Gasteiger charge is -2.37. The molecule has 7 heteroatoms. The number of hydrogen-bond donors (Lipinski definition) is 0. The summed E-state index contributed by atoms with van der Waals surface area (Å²) in [6.07, 6.45) is -4.67. The van der Waals surface area contributed by atoms with Crippen LogP contribution in [0.25, 0.3) is 0 Å². The second-order valence-corrected chi connectivity index (χ2v) is 5.88. The second kappa shape index (κ2) is 6.88. The van der Waals surface area contributed by atoms with Crippen LogP contribution in [0.15, 0.2) is 24.3 Å². The summed E-state index contributed by atoms with van der Waals surface area (Å²) in [6, 6.07) is 4.72. The molecule has 0 bridgehead atoms. The molecule has 0 N–H and O–H groups in total. The third-order valence-corrected chi connectivity index (χ3v) is 4.05. The van der Waals surface area contributed by atoms with Crippen LogP contribution in [0.5, 0.6) is 0 Å². The van der Waals surface area contributed by atoms with E-state index in [1.165, 1.54) is 17.0 Å². The molecular weight excluding hydrogens is 309 g/mol. The summed E-state index contributed by atoms with van der Waals surface area (Å²) in [5, 5.41) is 0. The standard InChI is InChI=1S/C16H21F3N2O2/c1-11(15(22)20(2)3)21-8-9-23-14(10-21)12-4-6-13(7-5-12)16(17,18)19/h4-7,11,14H,8-10H2,1-3H3/t11-,14-/m1/s1. The van der Waals surface area contributed by atoms with Crippen molar-refractivity contribution >= 4 is 5.91 Å². The van der Waals surface area contributed by atoms with Gasteiger partial charge in [-0.15, -0.1) is 0 Å². The van der Waals surface area contributed by atoms with E-state index in [4.69, 9.17) is 4.74 Å². The zero-order chi connectivity index (χ0) is 17.2. The SMILES string of the molecule is C[C@H](C(=O)N(C)C)N1CCO[C@@H](c2ccc(C(F)(F)F)cc2)C1. The molecular formula is C16H21F3N2O2. The molecule has 1 amide bonds. The van der Waals surface area contributed by atoms with Crippen LogP contribution >= 0.6 is 0 Å². The fourth-order valence-electron chi connectivity index (χ4n) is 2.64. The number of nitrogens with zero attached hydrogens (tertiary/aromatic N) is 2. The summed E-state index contributed by atoms with van der Waals surface area (Å²) in [5.74, 6) is -0.00179. The molecule has 1 aliphatic rings. The molecule has 1 aromatic rings. The number of alkyl halides is 3. The van der Waals surface area contributed by atoms with E-state index in [2.05, 4.69) is 0 Å². The molecule has 0 aromatic heterocycles. The van der Waals surface area contributed by atoms with Crippen LogP contribution in [0, 0.1) is 0 Å². The van der Waals surface area contributed by atoms with Gasteiger partial charge in [-0.2, -0.15) is 13.2 Å². The molecule has 0 saturated carbocycles. The number of carbonyl (C=O) groups is 1. The van der Waals surface area contributed by atoms with Gasteiger partial charge >= 0.3 is 6.18 Å². The van der Waals surface area contributed by atoms with E-state index >= 15 is 0 Å². The maximum absolute atomic E-state index is 12.6. The number of amides is 1. The molecule has 2 atom stereocenters. The van der Waals surface area contributed by atoms with Gasteiger partial charge in [0.1, 0.15) is 0 Å². The molecule has 4 nitrogen and oxygen atoms in total. The van der Waals surface area contributed by atoms with Gasteiger partial charge < -0.3 is 9.64 Å². The first-order valence-electron chi connectivity index (χ1n) is 7.44. The van der Waals surface area contributed by atoms with Crippen molar-refractivity contribution in [3.63, 3.8) is 0 Å². The number of hydrogen-bond acceptors (Lipinski definition) is 3. The summed E-state index contributed by atoms with van der Waals surface area (Å²) in [6.45, 7) is 3.37. The van der Waals surface area contributed by atoms with Crippen molar-refractivity contribution < 1.29 is 22.7 Å². The average molecular weight is 330 g/mol. The lowest BCUT2D eigenvalue weighted by molar-refractivity contribution is -0.138. The molecule has 1 fully saturated rings. The third kappa shape index (κ3) is 4.23. The van der Waals surface area contributed by atoms with Gasteiger partial charge in [-0.1, -0.05) is 12.1 Å². The monoisotopic (exact) mass is 330 g/mol. The highest BCUT2D eigenvalue weighted by Crippen LogP contribution is 2.31. The van der Waals surface area contributed by atoms with Gasteiger partial charge in [-0.05, 0) is 24.6 Å². The number of morpholine rings is 1. The van der Waals surface area contributed by atoms with Gasteiger partial charge in [0.2, 0.25) is 5.91 Å². The largest absolute Gasteiger partial charge is 0.416 e. The van der Waals surface area contributed by atoms with Crippen molar-refractivity contribution in [1.82, 2.24) is 9.80 Å². The molecule has 128 valence electrons. The van der Waals surface area contributed by atoms with Gasteiger partial charge in [0, 0.05) is 27.2 Å². The molecule has 0 spiro atoms. The van der Waals surface area contributed by atoms with Crippen LogP contribution in [0.3, 0.4) is 0 Å². The van der Waals surface area contributed by atoms with E-state index in [9.17, 15) is 18.0 Å². The summed E-state index contributed by atoms with van der Waals surface area (Å²) in [7, 11) is 3.40. The smallest absolute Gasteiger partial charge is 0.371 e. The number of rotatable bonds is 3. The fourth-order valence-corrected chi connectivity index (χ4v) is 2.64. The topological polar surface area (TPSA) is 32.8 Å². The normalized spacial score (nSPS) is 21.0. The molecule has 1 aliphatic heterocycles. The van der Waals surface area contributed by atoms with E-state index in [0.29, 0.717) is 25.3 Å². The maximum atomic E-state index is 12.6. The number of carbonyl (C=O) groups excluding carboxylic acids is 1. The van der Waals surface area contributed by atoms with Crippen LogP contribution in [0.1, 0.15) is 24.2 Å². The summed E-state index contributed by atoms with van der Waals surface area (Å²) in [4.78, 5) is 15.6. The van der Waals surface area contributed by atoms with Crippen LogP contribution in [0.2, 0.25) is 0 Å². The lowest BCUT2D eigenvalue weighted by atomic mass is 10.0. The number of benzene rings is 1. The van der Waals surface area contributed by atoms with Crippen LogP contribution in [-0.4, -0.2) is 55.5 Å². The van der Waals surface area contributed by atoms with Crippen LogP contribution in [-0.2, 0) is 15.7 Å². The Hall–Kier alpha value is -1.60. The molecule has 2 rings (SSSR count). The van der Waals surface area contributed by atoms with Crippen LogP contribution in [0.4, 0.5) is 13.2 Å². The quantitative estimate of drug-likeness (QED) is 0.854. The fraction of sp³-hybridized carbons (Fsp3) is 0.562. The highest BCUT2D eigenvalue weighted by Gasteiger charge is 2.32. The maximum Gasteiger partial charge on any atom is 0.416 e. The Balaban J connectivity index is 2.08. The van der Waals surface area contributed by atoms with Gasteiger partial charge in [0.25, 0.3) is 0 Å². The summed E-state index contributed by atoms with van der Waals surface area (Å²) in [5.41, 5.74) is 0.0114. The number of likely N-dealkylation sites (N-methyl/N-ethyl adjacent to an activating group) is 1. The Morgan fingerprint density at radius 1 is 1.30 bits per heavy atom. The molecule has 1 heterocycles. The molecule has 1 saturated heterocycles. The van der Waals surface area contributed by atoms with Crippen LogP contribution < -0.4 is 0 Å². The minimum Gasteiger partial charge on any atom is -0.371 e. The zero-order valence-corrected chi connectivity index (χ0v) is 13.4. The summed E-state index contributed by atoms with van der Waals surface area (Å²) >= 11 is 0. The van der Waals surface area contributed by atoms with Gasteiger partial charge in [0.05, 0.1) is 24.3 Å².